The predicted octanol–water partition coefficient (Wildman–Crippen LogP) is 3.02. The van der Waals surface area contributed by atoms with Crippen molar-refractivity contribution < 1.29 is 0 Å². The van der Waals surface area contributed by atoms with E-state index >= 15 is 0 Å². The van der Waals surface area contributed by atoms with Gasteiger partial charge < -0.3 is 10.6 Å². The van der Waals surface area contributed by atoms with Gasteiger partial charge in [0.2, 0.25) is 0 Å². The van der Waals surface area contributed by atoms with Gasteiger partial charge in [-0.05, 0) is 37.8 Å². The summed E-state index contributed by atoms with van der Waals surface area (Å²) in [5.41, 5.74) is 6.42. The maximum absolute atomic E-state index is 5.93. The van der Waals surface area contributed by atoms with E-state index < -0.39 is 0 Å². The Morgan fingerprint density at radius 1 is 1.19 bits per heavy atom. The largest absolute Gasteiger partial charge is 0.328 e. The second-order valence-corrected chi connectivity index (χ2v) is 6.23. The first-order valence-electron chi connectivity index (χ1n) is 7.01. The Hall–Kier alpha value is -0.0800. The standard InChI is InChI=1S/C14H30N2/c1-4-5-6-9-14(2,3)12-16-10-7-13(15)8-11-16/h13H,4-12,15H2,1-3H3. The van der Waals surface area contributed by atoms with Gasteiger partial charge in [-0.1, -0.05) is 40.0 Å². The fourth-order valence-electron chi connectivity index (χ4n) is 2.65. The van der Waals surface area contributed by atoms with Crippen LogP contribution >= 0.6 is 0 Å². The van der Waals surface area contributed by atoms with E-state index in [4.69, 9.17) is 5.73 Å². The van der Waals surface area contributed by atoms with Crippen molar-refractivity contribution in [2.75, 3.05) is 19.6 Å². The SMILES string of the molecule is CCCCCC(C)(C)CN1CCC(N)CC1. The molecule has 16 heavy (non-hydrogen) atoms. The van der Waals surface area contributed by atoms with Gasteiger partial charge in [-0.3, -0.25) is 0 Å². The molecule has 1 aliphatic rings. The zero-order valence-corrected chi connectivity index (χ0v) is 11.5. The lowest BCUT2D eigenvalue weighted by Crippen LogP contribution is -2.43. The average Bonchev–Trinajstić information content (AvgIpc) is 2.21. The summed E-state index contributed by atoms with van der Waals surface area (Å²) in [5, 5.41) is 0. The lowest BCUT2D eigenvalue weighted by atomic mass is 9.85. The molecule has 0 bridgehead atoms. The van der Waals surface area contributed by atoms with Crippen LogP contribution in [0.15, 0.2) is 0 Å². The smallest absolute Gasteiger partial charge is 0.00631 e. The summed E-state index contributed by atoms with van der Waals surface area (Å²) >= 11 is 0. The molecule has 0 aliphatic carbocycles. The van der Waals surface area contributed by atoms with Gasteiger partial charge in [0.25, 0.3) is 0 Å². The molecular weight excluding hydrogens is 196 g/mol. The molecule has 2 N–H and O–H groups in total. The summed E-state index contributed by atoms with van der Waals surface area (Å²) in [4.78, 5) is 2.61. The number of hydrogen-bond donors (Lipinski definition) is 1. The molecule has 0 radical (unpaired) electrons. The first-order chi connectivity index (χ1) is 7.53. The van der Waals surface area contributed by atoms with Crippen molar-refractivity contribution in [3.63, 3.8) is 0 Å². The molecule has 1 heterocycles. The van der Waals surface area contributed by atoms with Crippen LogP contribution in [0, 0.1) is 5.41 Å². The van der Waals surface area contributed by atoms with Crippen LogP contribution in [0.4, 0.5) is 0 Å². The van der Waals surface area contributed by atoms with Gasteiger partial charge in [-0.15, -0.1) is 0 Å². The Labute approximate surface area is 102 Å². The van der Waals surface area contributed by atoms with Crippen LogP contribution in [-0.2, 0) is 0 Å². The van der Waals surface area contributed by atoms with Gasteiger partial charge in [0, 0.05) is 12.6 Å². The van der Waals surface area contributed by atoms with E-state index in [1.165, 1.54) is 58.2 Å². The van der Waals surface area contributed by atoms with Crippen LogP contribution in [0.2, 0.25) is 0 Å². The maximum Gasteiger partial charge on any atom is 0.00631 e. The van der Waals surface area contributed by atoms with Crippen molar-refractivity contribution in [1.82, 2.24) is 4.90 Å². The number of unbranched alkanes of at least 4 members (excludes halogenated alkanes) is 2. The van der Waals surface area contributed by atoms with Crippen LogP contribution in [0.5, 0.6) is 0 Å². The third kappa shape index (κ3) is 5.31. The summed E-state index contributed by atoms with van der Waals surface area (Å²) in [5.74, 6) is 0. The highest BCUT2D eigenvalue weighted by atomic mass is 15.1. The van der Waals surface area contributed by atoms with Crippen molar-refractivity contribution in [1.29, 1.82) is 0 Å². The molecule has 96 valence electrons. The van der Waals surface area contributed by atoms with E-state index in [2.05, 4.69) is 25.7 Å². The Balaban J connectivity index is 2.23. The van der Waals surface area contributed by atoms with E-state index in [9.17, 15) is 0 Å². The quantitative estimate of drug-likeness (QED) is 0.705. The third-order valence-corrected chi connectivity index (χ3v) is 3.74. The number of rotatable bonds is 6. The van der Waals surface area contributed by atoms with Gasteiger partial charge >= 0.3 is 0 Å². The summed E-state index contributed by atoms with van der Waals surface area (Å²) < 4.78 is 0. The van der Waals surface area contributed by atoms with E-state index in [0.717, 1.165) is 0 Å². The minimum atomic E-state index is 0.458. The average molecular weight is 226 g/mol. The van der Waals surface area contributed by atoms with Crippen molar-refractivity contribution in [3.8, 4) is 0 Å². The van der Waals surface area contributed by atoms with E-state index in [1.807, 2.05) is 0 Å². The van der Waals surface area contributed by atoms with Gasteiger partial charge in [0.1, 0.15) is 0 Å². The number of nitrogens with zero attached hydrogens (tertiary/aromatic N) is 1. The van der Waals surface area contributed by atoms with Gasteiger partial charge in [-0.2, -0.15) is 0 Å². The lowest BCUT2D eigenvalue weighted by molar-refractivity contribution is 0.136. The summed E-state index contributed by atoms with van der Waals surface area (Å²) in [6, 6.07) is 0.458. The first kappa shape index (κ1) is 14.0. The van der Waals surface area contributed by atoms with E-state index in [-0.39, 0.29) is 0 Å². The molecule has 2 nitrogen and oxygen atoms in total. The molecular formula is C14H30N2. The second-order valence-electron chi connectivity index (χ2n) is 6.23. The molecule has 1 fully saturated rings. The molecule has 1 rings (SSSR count). The normalized spacial score (nSPS) is 20.2. The molecule has 0 unspecified atom stereocenters. The Bertz CT molecular complexity index is 181. The number of piperidine rings is 1. The highest BCUT2D eigenvalue weighted by Crippen LogP contribution is 2.26. The lowest BCUT2D eigenvalue weighted by Gasteiger charge is -2.36. The minimum Gasteiger partial charge on any atom is -0.328 e. The van der Waals surface area contributed by atoms with E-state index in [0.29, 0.717) is 11.5 Å². The monoisotopic (exact) mass is 226 g/mol. The third-order valence-electron chi connectivity index (χ3n) is 3.74. The topological polar surface area (TPSA) is 29.3 Å². The Morgan fingerprint density at radius 2 is 1.81 bits per heavy atom. The molecule has 0 amide bonds. The van der Waals surface area contributed by atoms with Crippen LogP contribution in [0.3, 0.4) is 0 Å². The highest BCUT2D eigenvalue weighted by molar-refractivity contribution is 4.79. The summed E-state index contributed by atoms with van der Waals surface area (Å²) in [7, 11) is 0. The van der Waals surface area contributed by atoms with Gasteiger partial charge in [0.15, 0.2) is 0 Å². The fourth-order valence-corrected chi connectivity index (χ4v) is 2.65. The van der Waals surface area contributed by atoms with Crippen molar-refractivity contribution in [3.05, 3.63) is 0 Å². The molecule has 0 atom stereocenters. The molecule has 1 saturated heterocycles. The second kappa shape index (κ2) is 6.61. The van der Waals surface area contributed by atoms with Crippen molar-refractivity contribution in [2.24, 2.45) is 11.1 Å². The molecule has 0 aromatic heterocycles. The predicted molar refractivity (Wildman–Crippen MR) is 71.6 cm³/mol. The van der Waals surface area contributed by atoms with E-state index in [1.54, 1.807) is 0 Å². The molecule has 0 aromatic carbocycles. The van der Waals surface area contributed by atoms with Gasteiger partial charge in [-0.25, -0.2) is 0 Å². The first-order valence-corrected chi connectivity index (χ1v) is 7.01. The fraction of sp³-hybridized carbons (Fsp3) is 1.00. The summed E-state index contributed by atoms with van der Waals surface area (Å²) in [6.45, 7) is 10.8. The van der Waals surface area contributed by atoms with Crippen LogP contribution in [0.25, 0.3) is 0 Å². The molecule has 1 aliphatic heterocycles. The Morgan fingerprint density at radius 3 is 2.38 bits per heavy atom. The molecule has 0 saturated carbocycles. The summed E-state index contributed by atoms with van der Waals surface area (Å²) in [6.07, 6.45) is 7.83. The molecule has 2 heteroatoms. The highest BCUT2D eigenvalue weighted by Gasteiger charge is 2.24. The zero-order chi connectivity index (χ0) is 12.0. The van der Waals surface area contributed by atoms with Crippen molar-refractivity contribution in [2.45, 2.75) is 65.3 Å². The Kier molecular flexibility index (Phi) is 5.77. The number of likely N-dealkylation sites (tertiary alicyclic amines) is 1. The number of nitrogens with two attached hydrogens (primary N) is 1. The van der Waals surface area contributed by atoms with Crippen LogP contribution in [-0.4, -0.2) is 30.6 Å². The van der Waals surface area contributed by atoms with Crippen LogP contribution in [0.1, 0.15) is 59.3 Å². The molecule has 0 aromatic rings. The number of hydrogen-bond acceptors (Lipinski definition) is 2. The molecule has 0 spiro atoms. The zero-order valence-electron chi connectivity index (χ0n) is 11.5. The van der Waals surface area contributed by atoms with Gasteiger partial charge in [0.05, 0.1) is 0 Å². The minimum absolute atomic E-state index is 0.458. The van der Waals surface area contributed by atoms with Crippen molar-refractivity contribution >= 4 is 0 Å². The maximum atomic E-state index is 5.93. The van der Waals surface area contributed by atoms with Crippen LogP contribution < -0.4 is 5.73 Å².